The van der Waals surface area contributed by atoms with E-state index in [-0.39, 0.29) is 29.9 Å². The number of aliphatic imine (C=N–C) groups is 1. The van der Waals surface area contributed by atoms with E-state index in [4.69, 9.17) is 4.74 Å². The van der Waals surface area contributed by atoms with E-state index in [9.17, 15) is 4.79 Å². The van der Waals surface area contributed by atoms with Crippen molar-refractivity contribution in [2.24, 2.45) is 16.8 Å². The van der Waals surface area contributed by atoms with E-state index in [1.807, 2.05) is 4.90 Å². The predicted molar refractivity (Wildman–Crippen MR) is 132 cm³/mol. The van der Waals surface area contributed by atoms with Gasteiger partial charge in [-0.3, -0.25) is 9.79 Å². The molecule has 0 aromatic heterocycles. The molecule has 0 radical (unpaired) electrons. The smallest absolute Gasteiger partial charge is 0.241 e. The molecule has 30 heavy (non-hydrogen) atoms. The average molecular weight is 528 g/mol. The Morgan fingerprint density at radius 3 is 2.50 bits per heavy atom. The van der Waals surface area contributed by atoms with Crippen LogP contribution in [0.25, 0.3) is 0 Å². The van der Waals surface area contributed by atoms with E-state index < -0.39 is 0 Å². The Kier molecular flexibility index (Phi) is 11.5. The maximum atomic E-state index is 12.5. The van der Waals surface area contributed by atoms with Crippen LogP contribution in [0.4, 0.5) is 0 Å². The molecule has 1 heterocycles. The number of likely N-dealkylation sites (tertiary alicyclic amines) is 1. The van der Waals surface area contributed by atoms with Gasteiger partial charge in [-0.1, -0.05) is 30.3 Å². The third-order valence-corrected chi connectivity index (χ3v) is 5.77. The lowest BCUT2D eigenvalue weighted by Gasteiger charge is -2.32. The van der Waals surface area contributed by atoms with Gasteiger partial charge in [-0.25, -0.2) is 0 Å². The summed E-state index contributed by atoms with van der Waals surface area (Å²) in [6.45, 7) is 4.47. The lowest BCUT2D eigenvalue weighted by molar-refractivity contribution is -0.131. The zero-order valence-electron chi connectivity index (χ0n) is 18.1. The summed E-state index contributed by atoms with van der Waals surface area (Å²) in [5.41, 5.74) is 1.40. The molecule has 1 aromatic carbocycles. The second-order valence-corrected chi connectivity index (χ2v) is 8.24. The Hall–Kier alpha value is -1.35. The topological polar surface area (TPSA) is 66.0 Å². The molecule has 0 bridgehead atoms. The molecule has 1 aliphatic heterocycles. The fraction of sp³-hybridized carbons (Fsp3) is 0.652. The number of nitrogens with zero attached hydrogens (tertiary/aromatic N) is 2. The molecule has 1 amide bonds. The minimum Gasteiger partial charge on any atom is -0.381 e. The van der Waals surface area contributed by atoms with E-state index in [1.165, 1.54) is 18.4 Å². The number of carbonyl (C=O) groups excluding carboxylic acids is 1. The van der Waals surface area contributed by atoms with E-state index >= 15 is 0 Å². The first kappa shape index (κ1) is 24.9. The van der Waals surface area contributed by atoms with Gasteiger partial charge in [0, 0.05) is 39.9 Å². The van der Waals surface area contributed by atoms with E-state index in [0.29, 0.717) is 18.4 Å². The molecular formula is C23H37IN4O2. The molecule has 7 heteroatoms. The van der Waals surface area contributed by atoms with Crippen LogP contribution in [0.2, 0.25) is 0 Å². The van der Waals surface area contributed by atoms with Crippen LogP contribution in [0.3, 0.4) is 0 Å². The van der Waals surface area contributed by atoms with Crippen LogP contribution in [0.5, 0.6) is 0 Å². The van der Waals surface area contributed by atoms with Crippen LogP contribution in [-0.4, -0.2) is 63.2 Å². The summed E-state index contributed by atoms with van der Waals surface area (Å²) in [5.74, 6) is 2.32. The maximum absolute atomic E-state index is 12.5. The van der Waals surface area contributed by atoms with E-state index in [0.717, 1.165) is 64.4 Å². The fourth-order valence-corrected chi connectivity index (χ4v) is 3.74. The van der Waals surface area contributed by atoms with E-state index in [1.54, 1.807) is 7.05 Å². The standard InChI is InChI=1S/C23H36N4O2.HI/c1-24-23(25-12-5-15-29-18-21-8-9-21)26-17-22(28)27-13-10-20(11-14-27)16-19-6-3-2-4-7-19;/h2-4,6-7,20-21H,5,8-18H2,1H3,(H2,24,25,26);1H. The number of ether oxygens (including phenoxy) is 1. The molecule has 1 saturated heterocycles. The summed E-state index contributed by atoms with van der Waals surface area (Å²) < 4.78 is 5.64. The fourth-order valence-electron chi connectivity index (χ4n) is 3.74. The Labute approximate surface area is 198 Å². The molecule has 2 fully saturated rings. The molecule has 1 aliphatic carbocycles. The molecule has 2 N–H and O–H groups in total. The van der Waals surface area contributed by atoms with Gasteiger partial charge in [-0.2, -0.15) is 0 Å². The van der Waals surface area contributed by atoms with Crippen molar-refractivity contribution in [3.8, 4) is 0 Å². The van der Waals surface area contributed by atoms with Crippen molar-refractivity contribution in [1.29, 1.82) is 0 Å². The SMILES string of the molecule is CN=C(NCCCOCC1CC1)NCC(=O)N1CCC(Cc2ccccc2)CC1.I. The van der Waals surface area contributed by atoms with Crippen LogP contribution in [-0.2, 0) is 16.0 Å². The average Bonchev–Trinajstić information content (AvgIpc) is 3.58. The second-order valence-electron chi connectivity index (χ2n) is 8.24. The van der Waals surface area contributed by atoms with Crippen LogP contribution in [0.1, 0.15) is 37.7 Å². The zero-order chi connectivity index (χ0) is 20.3. The van der Waals surface area contributed by atoms with Gasteiger partial charge in [0.15, 0.2) is 5.96 Å². The first-order valence-electron chi connectivity index (χ1n) is 11.1. The van der Waals surface area contributed by atoms with Gasteiger partial charge in [0.2, 0.25) is 5.91 Å². The second kappa shape index (κ2) is 13.9. The molecule has 168 valence electrons. The highest BCUT2D eigenvalue weighted by Gasteiger charge is 2.23. The van der Waals surface area contributed by atoms with Crippen LogP contribution in [0.15, 0.2) is 35.3 Å². The predicted octanol–water partition coefficient (Wildman–Crippen LogP) is 3.07. The van der Waals surface area contributed by atoms with Crippen LogP contribution in [0, 0.1) is 11.8 Å². The number of carbonyl (C=O) groups is 1. The first-order valence-corrected chi connectivity index (χ1v) is 11.1. The molecule has 6 nitrogen and oxygen atoms in total. The summed E-state index contributed by atoms with van der Waals surface area (Å²) in [4.78, 5) is 18.7. The van der Waals surface area contributed by atoms with Crippen LogP contribution < -0.4 is 10.6 Å². The number of amides is 1. The largest absolute Gasteiger partial charge is 0.381 e. The van der Waals surface area contributed by atoms with Gasteiger partial charge in [0.25, 0.3) is 0 Å². The summed E-state index contributed by atoms with van der Waals surface area (Å²) in [6.07, 6.45) is 6.86. The van der Waals surface area contributed by atoms with Crippen molar-refractivity contribution in [1.82, 2.24) is 15.5 Å². The minimum atomic E-state index is 0. The number of hydrogen-bond acceptors (Lipinski definition) is 3. The normalized spacial score (nSPS) is 17.4. The van der Waals surface area contributed by atoms with Crippen LogP contribution >= 0.6 is 24.0 Å². The lowest BCUT2D eigenvalue weighted by Crippen LogP contribution is -2.47. The van der Waals surface area contributed by atoms with Crippen molar-refractivity contribution in [3.05, 3.63) is 35.9 Å². The van der Waals surface area contributed by atoms with E-state index in [2.05, 4.69) is 46.0 Å². The number of halogens is 1. The highest BCUT2D eigenvalue weighted by atomic mass is 127. The number of piperidine rings is 1. The number of rotatable bonds is 10. The van der Waals surface area contributed by atoms with Gasteiger partial charge in [0.1, 0.15) is 0 Å². The number of nitrogens with one attached hydrogen (secondary N) is 2. The zero-order valence-corrected chi connectivity index (χ0v) is 20.5. The summed E-state index contributed by atoms with van der Waals surface area (Å²) in [6, 6.07) is 10.6. The quantitative estimate of drug-likeness (QED) is 0.212. The van der Waals surface area contributed by atoms with Crippen molar-refractivity contribution in [2.75, 3.05) is 46.4 Å². The van der Waals surface area contributed by atoms with Gasteiger partial charge in [-0.15, -0.1) is 24.0 Å². The summed E-state index contributed by atoms with van der Waals surface area (Å²) >= 11 is 0. The minimum absolute atomic E-state index is 0. The Morgan fingerprint density at radius 1 is 1.10 bits per heavy atom. The van der Waals surface area contributed by atoms with Gasteiger partial charge < -0.3 is 20.3 Å². The molecule has 0 unspecified atom stereocenters. The van der Waals surface area contributed by atoms with Gasteiger partial charge >= 0.3 is 0 Å². The third-order valence-electron chi connectivity index (χ3n) is 5.77. The Bertz CT molecular complexity index is 644. The Balaban J connectivity index is 0.00000320. The van der Waals surface area contributed by atoms with Crippen molar-refractivity contribution in [2.45, 2.75) is 38.5 Å². The van der Waals surface area contributed by atoms with Crippen molar-refractivity contribution >= 4 is 35.8 Å². The third kappa shape index (κ3) is 9.20. The number of hydrogen-bond donors (Lipinski definition) is 2. The molecule has 1 aromatic rings. The molecule has 2 aliphatic rings. The molecule has 0 atom stereocenters. The highest BCUT2D eigenvalue weighted by molar-refractivity contribution is 14.0. The van der Waals surface area contributed by atoms with Crippen molar-refractivity contribution < 1.29 is 9.53 Å². The molecular weight excluding hydrogens is 491 g/mol. The first-order chi connectivity index (χ1) is 14.2. The lowest BCUT2D eigenvalue weighted by atomic mass is 9.90. The number of guanidine groups is 1. The number of benzene rings is 1. The molecule has 3 rings (SSSR count). The van der Waals surface area contributed by atoms with Crippen molar-refractivity contribution in [3.63, 3.8) is 0 Å². The van der Waals surface area contributed by atoms with Gasteiger partial charge in [0.05, 0.1) is 6.54 Å². The summed E-state index contributed by atoms with van der Waals surface area (Å²) in [5, 5.41) is 6.40. The molecule has 0 spiro atoms. The molecule has 1 saturated carbocycles. The summed E-state index contributed by atoms with van der Waals surface area (Å²) in [7, 11) is 1.73. The monoisotopic (exact) mass is 528 g/mol. The highest BCUT2D eigenvalue weighted by Crippen LogP contribution is 2.28. The maximum Gasteiger partial charge on any atom is 0.241 e. The Morgan fingerprint density at radius 2 is 1.83 bits per heavy atom. The van der Waals surface area contributed by atoms with Gasteiger partial charge in [-0.05, 0) is 55.9 Å².